The zero-order chi connectivity index (χ0) is 23.4. The van der Waals surface area contributed by atoms with Gasteiger partial charge >= 0.3 is 0 Å². The third-order valence-electron chi connectivity index (χ3n) is 5.14. The summed E-state index contributed by atoms with van der Waals surface area (Å²) in [5.74, 6) is 0.411. The number of aryl methyl sites for hydroxylation is 4. The van der Waals surface area contributed by atoms with Crippen LogP contribution in [0.15, 0.2) is 30.3 Å². The van der Waals surface area contributed by atoms with Gasteiger partial charge in [0, 0.05) is 6.04 Å². The molecule has 4 heteroatoms. The van der Waals surface area contributed by atoms with Gasteiger partial charge in [0.2, 0.25) is 0 Å². The minimum atomic E-state index is -0.631. The van der Waals surface area contributed by atoms with Gasteiger partial charge in [-0.2, -0.15) is 0 Å². The molecule has 170 valence electrons. The number of rotatable bonds is 0. The minimum Gasteiger partial charge on any atom is -0.311 e. The molecule has 1 aliphatic rings. The lowest BCUT2D eigenvalue weighted by Crippen LogP contribution is -2.43. The van der Waals surface area contributed by atoms with E-state index in [0.717, 1.165) is 29.7 Å². The van der Waals surface area contributed by atoms with Gasteiger partial charge in [-0.1, -0.05) is 50.6 Å². The smallest absolute Gasteiger partial charge is 0.126 e. The molecule has 0 aromatic heterocycles. The number of nitrogens with one attached hydrogen (secondary N) is 1. The van der Waals surface area contributed by atoms with Crippen molar-refractivity contribution >= 4 is 14.5 Å². The first-order chi connectivity index (χ1) is 14.0. The molecule has 0 radical (unpaired) electrons. The van der Waals surface area contributed by atoms with Crippen LogP contribution >= 0.6 is 9.24 Å². The summed E-state index contributed by atoms with van der Waals surface area (Å²) in [4.78, 5) is 0. The van der Waals surface area contributed by atoms with E-state index in [9.17, 15) is 8.78 Å². The largest absolute Gasteiger partial charge is 0.311 e. The van der Waals surface area contributed by atoms with Crippen molar-refractivity contribution in [2.24, 2.45) is 5.92 Å². The fourth-order valence-electron chi connectivity index (χ4n) is 2.93. The zero-order valence-corrected chi connectivity index (χ0v) is 21.5. The zero-order valence-electron chi connectivity index (χ0n) is 20.4. The molecule has 0 bridgehead atoms. The monoisotopic (exact) mass is 437 g/mol. The predicted molar refractivity (Wildman–Crippen MR) is 133 cm³/mol. The van der Waals surface area contributed by atoms with Gasteiger partial charge in [-0.25, -0.2) is 8.78 Å². The highest BCUT2D eigenvalue weighted by molar-refractivity contribution is 7.27. The van der Waals surface area contributed by atoms with E-state index in [1.54, 1.807) is 13.0 Å². The van der Waals surface area contributed by atoms with Gasteiger partial charge in [-0.3, -0.25) is 0 Å². The molecule has 0 spiro atoms. The molecular weight excluding hydrogens is 395 g/mol. The Balaban J connectivity index is 0.000000404. The second kappa shape index (κ2) is 14.7. The van der Waals surface area contributed by atoms with Gasteiger partial charge in [0.15, 0.2) is 0 Å². The Morgan fingerprint density at radius 3 is 1.93 bits per heavy atom. The van der Waals surface area contributed by atoms with E-state index in [-0.39, 0.29) is 11.9 Å². The highest BCUT2D eigenvalue weighted by Crippen LogP contribution is 2.16. The number of alkyl halides is 1. The van der Waals surface area contributed by atoms with Crippen molar-refractivity contribution < 1.29 is 8.78 Å². The van der Waals surface area contributed by atoms with E-state index in [1.165, 1.54) is 16.4 Å². The van der Waals surface area contributed by atoms with Crippen LogP contribution in [0.3, 0.4) is 0 Å². The molecular formula is C26H42F2NP. The normalized spacial score (nSPS) is 19.9. The molecule has 30 heavy (non-hydrogen) atoms. The first-order valence-electron chi connectivity index (χ1n) is 10.9. The molecule has 0 saturated carbocycles. The summed E-state index contributed by atoms with van der Waals surface area (Å²) in [6, 6.07) is 10.0. The third kappa shape index (κ3) is 10.6. The van der Waals surface area contributed by atoms with Gasteiger partial charge in [0.05, 0.1) is 0 Å². The third-order valence-corrected chi connectivity index (χ3v) is 5.76. The van der Waals surface area contributed by atoms with Crippen LogP contribution in [0.1, 0.15) is 61.9 Å². The van der Waals surface area contributed by atoms with Crippen LogP contribution in [0.5, 0.6) is 0 Å². The van der Waals surface area contributed by atoms with Gasteiger partial charge in [-0.05, 0) is 94.1 Å². The van der Waals surface area contributed by atoms with E-state index >= 15 is 0 Å². The number of benzene rings is 2. The van der Waals surface area contributed by atoms with Gasteiger partial charge < -0.3 is 5.32 Å². The maximum Gasteiger partial charge on any atom is 0.126 e. The molecule has 1 saturated heterocycles. The second-order valence-corrected chi connectivity index (χ2v) is 8.72. The summed E-state index contributed by atoms with van der Waals surface area (Å²) in [5.41, 5.74) is 5.43. The summed E-state index contributed by atoms with van der Waals surface area (Å²) in [5, 5.41) is 4.41. The lowest BCUT2D eigenvalue weighted by atomic mass is 9.96. The van der Waals surface area contributed by atoms with Crippen LogP contribution in [0, 0.1) is 46.4 Å². The SMILES string of the molecule is CC.CC1CNC(C)C(F)C1.Cc1cc(C)c(C)c(F)c1.Cc1ccc(C)c(P)c1. The van der Waals surface area contributed by atoms with E-state index in [4.69, 9.17) is 0 Å². The van der Waals surface area contributed by atoms with E-state index in [2.05, 4.69) is 53.5 Å². The van der Waals surface area contributed by atoms with E-state index < -0.39 is 6.17 Å². The molecule has 1 fully saturated rings. The fraction of sp³-hybridized carbons (Fsp3) is 0.538. The fourth-order valence-corrected chi connectivity index (χ4v) is 3.29. The summed E-state index contributed by atoms with van der Waals surface area (Å²) in [6.45, 7) is 18.8. The Kier molecular flexibility index (Phi) is 14.0. The Morgan fingerprint density at radius 2 is 1.50 bits per heavy atom. The molecule has 1 aliphatic heterocycles. The summed E-state index contributed by atoms with van der Waals surface area (Å²) in [6.07, 6.45) is 0.0995. The van der Waals surface area contributed by atoms with Crippen molar-refractivity contribution in [3.05, 3.63) is 64.0 Å². The number of hydrogen-bond acceptors (Lipinski definition) is 1. The Morgan fingerprint density at radius 1 is 0.900 bits per heavy atom. The number of hydrogen-bond donors (Lipinski definition) is 1. The van der Waals surface area contributed by atoms with Crippen molar-refractivity contribution in [2.45, 2.75) is 80.9 Å². The first-order valence-corrected chi connectivity index (χ1v) is 11.5. The van der Waals surface area contributed by atoms with Crippen molar-refractivity contribution in [1.82, 2.24) is 5.32 Å². The molecule has 0 aliphatic carbocycles. The molecule has 2 aromatic carbocycles. The average molecular weight is 438 g/mol. The average Bonchev–Trinajstić information content (AvgIpc) is 2.69. The molecule has 3 rings (SSSR count). The van der Waals surface area contributed by atoms with Gasteiger partial charge in [0.25, 0.3) is 0 Å². The molecule has 4 unspecified atom stereocenters. The van der Waals surface area contributed by atoms with Crippen LogP contribution in [-0.2, 0) is 0 Å². The molecule has 0 amide bonds. The Bertz CT molecular complexity index is 738. The van der Waals surface area contributed by atoms with E-state index in [0.29, 0.717) is 5.92 Å². The van der Waals surface area contributed by atoms with Gasteiger partial charge in [0.1, 0.15) is 12.0 Å². The van der Waals surface area contributed by atoms with Crippen molar-refractivity contribution in [2.75, 3.05) is 6.54 Å². The van der Waals surface area contributed by atoms with Crippen molar-refractivity contribution in [1.29, 1.82) is 0 Å². The molecule has 1 nitrogen and oxygen atoms in total. The first kappa shape index (κ1) is 28.7. The highest BCUT2D eigenvalue weighted by atomic mass is 31.0. The van der Waals surface area contributed by atoms with Crippen molar-refractivity contribution in [3.63, 3.8) is 0 Å². The van der Waals surface area contributed by atoms with Crippen LogP contribution in [-0.4, -0.2) is 18.8 Å². The lowest BCUT2D eigenvalue weighted by molar-refractivity contribution is 0.175. The van der Waals surface area contributed by atoms with Crippen molar-refractivity contribution in [3.8, 4) is 0 Å². The molecule has 1 heterocycles. The highest BCUT2D eigenvalue weighted by Gasteiger charge is 2.23. The number of halogens is 2. The minimum absolute atomic E-state index is 0.0706. The second-order valence-electron chi connectivity index (χ2n) is 8.10. The Labute approximate surface area is 186 Å². The molecule has 4 atom stereocenters. The topological polar surface area (TPSA) is 12.0 Å². The standard InChI is InChI=1S/C9H11F.C8H11P.C7H14FN.C2H6/c1-6-4-7(2)8(3)9(10)5-6;1-6-3-4-7(2)8(9)5-6;1-5-3-7(8)6(2)9-4-5;1-2/h4-5H,1-3H3;3-5H,9H2,1-2H3;5-7,9H,3-4H2,1-2H3;1-2H3. The van der Waals surface area contributed by atoms with Crippen LogP contribution in [0.25, 0.3) is 0 Å². The predicted octanol–water partition coefficient (Wildman–Crippen LogP) is 6.92. The quantitative estimate of drug-likeness (QED) is 0.441. The summed E-state index contributed by atoms with van der Waals surface area (Å²) < 4.78 is 25.6. The van der Waals surface area contributed by atoms with Crippen LogP contribution in [0.2, 0.25) is 0 Å². The van der Waals surface area contributed by atoms with Gasteiger partial charge in [-0.15, -0.1) is 9.24 Å². The molecule has 2 aromatic rings. The summed E-state index contributed by atoms with van der Waals surface area (Å²) in [7, 11) is 2.72. The Hall–Kier alpha value is -1.31. The van der Waals surface area contributed by atoms with E-state index in [1.807, 2.05) is 40.7 Å². The van der Waals surface area contributed by atoms with Crippen LogP contribution < -0.4 is 10.6 Å². The summed E-state index contributed by atoms with van der Waals surface area (Å²) >= 11 is 0. The molecule has 1 N–H and O–H groups in total. The lowest BCUT2D eigenvalue weighted by Gasteiger charge is -2.28. The van der Waals surface area contributed by atoms with Crippen LogP contribution in [0.4, 0.5) is 8.78 Å². The number of piperidine rings is 1. The maximum atomic E-state index is 12.8. The maximum absolute atomic E-state index is 12.8.